The van der Waals surface area contributed by atoms with E-state index in [9.17, 15) is 4.39 Å². The highest BCUT2D eigenvalue weighted by molar-refractivity contribution is 5.26. The highest BCUT2D eigenvalue weighted by Gasteiger charge is 2.59. The van der Waals surface area contributed by atoms with Crippen molar-refractivity contribution in [2.75, 3.05) is 0 Å². The van der Waals surface area contributed by atoms with Crippen LogP contribution in [0.25, 0.3) is 0 Å². The number of hydrogen-bond donors (Lipinski definition) is 1. The second-order valence-electron chi connectivity index (χ2n) is 8.25. The molecular weight excluding hydrogens is 261 g/mol. The maximum absolute atomic E-state index is 13.8. The summed E-state index contributed by atoms with van der Waals surface area (Å²) in [7, 11) is 0. The first kappa shape index (κ1) is 15.0. The van der Waals surface area contributed by atoms with Gasteiger partial charge in [0.1, 0.15) is 5.82 Å². The van der Waals surface area contributed by atoms with Gasteiger partial charge in [-0.15, -0.1) is 0 Å². The second kappa shape index (κ2) is 4.81. The fourth-order valence-electron chi connectivity index (χ4n) is 4.94. The van der Waals surface area contributed by atoms with Crippen molar-refractivity contribution in [2.45, 2.75) is 66.0 Å². The Morgan fingerprint density at radius 3 is 2.57 bits per heavy atom. The van der Waals surface area contributed by atoms with Crippen molar-refractivity contribution in [1.82, 2.24) is 5.32 Å². The molecule has 2 aliphatic carbocycles. The lowest BCUT2D eigenvalue weighted by atomic mass is 9.68. The standard InChI is InChI=1S/C19H28FN/c1-12-6-7-14(10-16(12)20)13(2)21-17-18(3,4)15-8-9-19(17,5)11-15/h6-7,10,13,15,17,21H,8-9,11H2,1-5H3/t13?,15-,17?,19+/m0/s1. The first-order valence-corrected chi connectivity index (χ1v) is 8.26. The molecule has 3 rings (SSSR count). The van der Waals surface area contributed by atoms with E-state index in [2.05, 4.69) is 39.1 Å². The Morgan fingerprint density at radius 1 is 1.29 bits per heavy atom. The van der Waals surface area contributed by atoms with E-state index in [4.69, 9.17) is 0 Å². The smallest absolute Gasteiger partial charge is 0.126 e. The highest BCUT2D eigenvalue weighted by Crippen LogP contribution is 2.62. The molecule has 21 heavy (non-hydrogen) atoms. The molecule has 1 N–H and O–H groups in total. The minimum absolute atomic E-state index is 0.0976. The summed E-state index contributed by atoms with van der Waals surface area (Å²) in [6.07, 6.45) is 4.04. The van der Waals surface area contributed by atoms with E-state index in [1.807, 2.05) is 13.0 Å². The van der Waals surface area contributed by atoms with Crippen LogP contribution in [0.1, 0.15) is 64.1 Å². The normalized spacial score (nSPS) is 35.1. The van der Waals surface area contributed by atoms with Crippen molar-refractivity contribution < 1.29 is 4.39 Å². The van der Waals surface area contributed by atoms with Gasteiger partial charge in [0.2, 0.25) is 0 Å². The minimum atomic E-state index is -0.0976. The Balaban J connectivity index is 1.81. The monoisotopic (exact) mass is 289 g/mol. The summed E-state index contributed by atoms with van der Waals surface area (Å²) >= 11 is 0. The first-order chi connectivity index (χ1) is 9.74. The number of benzene rings is 1. The van der Waals surface area contributed by atoms with E-state index in [0.29, 0.717) is 16.9 Å². The Morgan fingerprint density at radius 2 is 2.00 bits per heavy atom. The van der Waals surface area contributed by atoms with Crippen molar-refractivity contribution in [2.24, 2.45) is 16.7 Å². The Bertz CT molecular complexity index is 546. The van der Waals surface area contributed by atoms with Gasteiger partial charge in [0.05, 0.1) is 0 Å². The topological polar surface area (TPSA) is 12.0 Å². The van der Waals surface area contributed by atoms with Gasteiger partial charge in [0, 0.05) is 12.1 Å². The average Bonchev–Trinajstić information content (AvgIpc) is 2.89. The van der Waals surface area contributed by atoms with E-state index in [1.165, 1.54) is 19.3 Å². The predicted octanol–water partition coefficient (Wildman–Crippen LogP) is 5.00. The molecule has 0 aromatic heterocycles. The summed E-state index contributed by atoms with van der Waals surface area (Å²) in [5.41, 5.74) is 2.52. The van der Waals surface area contributed by atoms with Crippen LogP contribution < -0.4 is 5.32 Å². The van der Waals surface area contributed by atoms with Gasteiger partial charge >= 0.3 is 0 Å². The summed E-state index contributed by atoms with van der Waals surface area (Å²) in [5, 5.41) is 3.84. The average molecular weight is 289 g/mol. The van der Waals surface area contributed by atoms with Gasteiger partial charge in [0.15, 0.2) is 0 Å². The number of fused-ring (bicyclic) bond motifs is 2. The molecule has 0 saturated heterocycles. The molecule has 4 atom stereocenters. The number of hydrogen-bond acceptors (Lipinski definition) is 1. The molecular formula is C19H28FN. The number of halogens is 1. The third kappa shape index (κ3) is 2.32. The van der Waals surface area contributed by atoms with Gasteiger partial charge in [-0.05, 0) is 67.1 Å². The van der Waals surface area contributed by atoms with E-state index in [-0.39, 0.29) is 11.9 Å². The van der Waals surface area contributed by atoms with Crippen LogP contribution in [0.3, 0.4) is 0 Å². The van der Waals surface area contributed by atoms with Crippen LogP contribution in [-0.4, -0.2) is 6.04 Å². The minimum Gasteiger partial charge on any atom is -0.306 e. The molecule has 2 aliphatic rings. The lowest BCUT2D eigenvalue weighted by Gasteiger charge is -2.44. The maximum atomic E-state index is 13.8. The molecule has 2 heteroatoms. The van der Waals surface area contributed by atoms with Crippen LogP contribution in [0, 0.1) is 29.5 Å². The van der Waals surface area contributed by atoms with E-state index < -0.39 is 0 Å². The largest absolute Gasteiger partial charge is 0.306 e. The number of nitrogens with one attached hydrogen (secondary N) is 1. The fraction of sp³-hybridized carbons (Fsp3) is 0.684. The fourth-order valence-corrected chi connectivity index (χ4v) is 4.94. The van der Waals surface area contributed by atoms with Crippen molar-refractivity contribution in [1.29, 1.82) is 0 Å². The van der Waals surface area contributed by atoms with E-state index in [0.717, 1.165) is 17.0 Å². The number of rotatable bonds is 3. The molecule has 2 saturated carbocycles. The van der Waals surface area contributed by atoms with Gasteiger partial charge in [0.25, 0.3) is 0 Å². The van der Waals surface area contributed by atoms with Gasteiger partial charge in [-0.1, -0.05) is 32.9 Å². The van der Waals surface area contributed by atoms with Crippen LogP contribution in [-0.2, 0) is 0 Å². The lowest BCUT2D eigenvalue weighted by Crippen LogP contribution is -2.50. The summed E-state index contributed by atoms with van der Waals surface area (Å²) in [5.74, 6) is 0.738. The van der Waals surface area contributed by atoms with Crippen molar-refractivity contribution >= 4 is 0 Å². The van der Waals surface area contributed by atoms with Crippen molar-refractivity contribution in [3.05, 3.63) is 35.1 Å². The Hall–Kier alpha value is -0.890. The summed E-state index contributed by atoms with van der Waals surface area (Å²) in [4.78, 5) is 0. The summed E-state index contributed by atoms with van der Waals surface area (Å²) in [6, 6.07) is 6.34. The molecule has 0 aliphatic heterocycles. The molecule has 2 fully saturated rings. The SMILES string of the molecule is Cc1ccc(C(C)NC2C(C)(C)[C@H]3CC[C@]2(C)C3)cc1F. The molecule has 116 valence electrons. The van der Waals surface area contributed by atoms with Crippen molar-refractivity contribution in [3.63, 3.8) is 0 Å². The van der Waals surface area contributed by atoms with Crippen LogP contribution in [0.2, 0.25) is 0 Å². The van der Waals surface area contributed by atoms with Gasteiger partial charge in [-0.3, -0.25) is 0 Å². The zero-order valence-corrected chi connectivity index (χ0v) is 14.0. The van der Waals surface area contributed by atoms with Gasteiger partial charge < -0.3 is 5.32 Å². The summed E-state index contributed by atoms with van der Waals surface area (Å²) < 4.78 is 13.8. The molecule has 1 aromatic carbocycles. The van der Waals surface area contributed by atoms with Crippen LogP contribution >= 0.6 is 0 Å². The quantitative estimate of drug-likeness (QED) is 0.825. The van der Waals surface area contributed by atoms with Crippen LogP contribution in [0.15, 0.2) is 18.2 Å². The van der Waals surface area contributed by atoms with Crippen LogP contribution in [0.4, 0.5) is 4.39 Å². The van der Waals surface area contributed by atoms with Gasteiger partial charge in [-0.25, -0.2) is 4.39 Å². The molecule has 0 spiro atoms. The number of aryl methyl sites for hydroxylation is 1. The third-order valence-electron chi connectivity index (χ3n) is 6.38. The molecule has 0 radical (unpaired) electrons. The molecule has 0 heterocycles. The lowest BCUT2D eigenvalue weighted by molar-refractivity contribution is 0.100. The maximum Gasteiger partial charge on any atom is 0.126 e. The zero-order chi connectivity index (χ0) is 15.4. The zero-order valence-electron chi connectivity index (χ0n) is 14.0. The third-order valence-corrected chi connectivity index (χ3v) is 6.38. The molecule has 2 bridgehead atoms. The second-order valence-corrected chi connectivity index (χ2v) is 8.25. The molecule has 1 nitrogen and oxygen atoms in total. The first-order valence-electron chi connectivity index (χ1n) is 8.26. The van der Waals surface area contributed by atoms with Crippen molar-refractivity contribution in [3.8, 4) is 0 Å². The molecule has 0 amide bonds. The van der Waals surface area contributed by atoms with Crippen LogP contribution in [0.5, 0.6) is 0 Å². The molecule has 2 unspecified atom stereocenters. The highest BCUT2D eigenvalue weighted by atomic mass is 19.1. The van der Waals surface area contributed by atoms with Gasteiger partial charge in [-0.2, -0.15) is 0 Å². The van der Waals surface area contributed by atoms with E-state index >= 15 is 0 Å². The molecule has 1 aromatic rings. The Labute approximate surface area is 128 Å². The predicted molar refractivity (Wildman–Crippen MR) is 85.7 cm³/mol. The van der Waals surface area contributed by atoms with E-state index in [1.54, 1.807) is 6.07 Å². The summed E-state index contributed by atoms with van der Waals surface area (Å²) in [6.45, 7) is 11.2. The Kier molecular flexibility index (Phi) is 3.44.